The van der Waals surface area contributed by atoms with Gasteiger partial charge in [0.2, 0.25) is 11.8 Å². The average molecular weight is 419 g/mol. The van der Waals surface area contributed by atoms with E-state index in [1.165, 1.54) is 12.1 Å². The predicted octanol–water partition coefficient (Wildman–Crippen LogP) is 4.51. The molecule has 0 fully saturated rings. The maximum Gasteiger partial charge on any atom is 0.242 e. The molecule has 5 heteroatoms. The normalized spacial score (nSPS) is 11.7. The van der Waals surface area contributed by atoms with Crippen molar-refractivity contribution in [2.24, 2.45) is 0 Å². The van der Waals surface area contributed by atoms with Gasteiger partial charge in [0.1, 0.15) is 11.9 Å². The number of rotatable bonds is 8. The summed E-state index contributed by atoms with van der Waals surface area (Å²) < 4.78 is 13.3. The Morgan fingerprint density at radius 3 is 1.87 bits per heavy atom. The topological polar surface area (TPSA) is 49.4 Å². The zero-order valence-electron chi connectivity index (χ0n) is 17.8. The number of halogens is 1. The van der Waals surface area contributed by atoms with E-state index in [0.29, 0.717) is 0 Å². The van der Waals surface area contributed by atoms with Crippen molar-refractivity contribution in [3.63, 3.8) is 0 Å². The molecule has 0 bridgehead atoms. The lowest BCUT2D eigenvalue weighted by molar-refractivity contribution is -0.140. The quantitative estimate of drug-likeness (QED) is 0.585. The van der Waals surface area contributed by atoms with Gasteiger partial charge in [-0.1, -0.05) is 72.8 Å². The van der Waals surface area contributed by atoms with Crippen molar-refractivity contribution < 1.29 is 14.0 Å². The standard InChI is InChI=1S/C26H27FN2O2/c1-19(26(31)28-2)29(18-20-13-15-23(27)16-14-20)25(30)17-24(21-9-5-3-6-10-21)22-11-7-4-8-12-22/h3-16,19,24H,17-18H2,1-2H3,(H,28,31)/t19-/m0/s1. The van der Waals surface area contributed by atoms with Crippen LogP contribution in [-0.4, -0.2) is 29.8 Å². The highest BCUT2D eigenvalue weighted by Gasteiger charge is 2.28. The minimum absolute atomic E-state index is 0.137. The van der Waals surface area contributed by atoms with E-state index in [0.717, 1.165) is 16.7 Å². The first-order valence-electron chi connectivity index (χ1n) is 10.3. The molecule has 160 valence electrons. The van der Waals surface area contributed by atoms with Gasteiger partial charge in [0.15, 0.2) is 0 Å². The second-order valence-corrected chi connectivity index (χ2v) is 7.52. The van der Waals surface area contributed by atoms with Crippen LogP contribution < -0.4 is 5.32 Å². The molecule has 2 amide bonds. The zero-order valence-corrected chi connectivity index (χ0v) is 17.8. The Kier molecular flexibility index (Phi) is 7.55. The van der Waals surface area contributed by atoms with Gasteiger partial charge in [-0.3, -0.25) is 9.59 Å². The molecule has 3 aromatic rings. The molecule has 0 saturated carbocycles. The highest BCUT2D eigenvalue weighted by atomic mass is 19.1. The van der Waals surface area contributed by atoms with Crippen LogP contribution in [0.15, 0.2) is 84.9 Å². The first kappa shape index (κ1) is 22.2. The van der Waals surface area contributed by atoms with Gasteiger partial charge < -0.3 is 10.2 Å². The fraction of sp³-hybridized carbons (Fsp3) is 0.231. The molecular weight excluding hydrogens is 391 g/mol. The summed E-state index contributed by atoms with van der Waals surface area (Å²) in [6, 6.07) is 25.1. The summed E-state index contributed by atoms with van der Waals surface area (Å²) in [5.41, 5.74) is 2.84. The van der Waals surface area contributed by atoms with E-state index in [2.05, 4.69) is 5.32 Å². The van der Waals surface area contributed by atoms with Crippen molar-refractivity contribution in [2.45, 2.75) is 31.8 Å². The van der Waals surface area contributed by atoms with E-state index in [1.807, 2.05) is 60.7 Å². The maximum atomic E-state index is 13.5. The molecule has 0 aromatic heterocycles. The number of carbonyl (C=O) groups excluding carboxylic acids is 2. The fourth-order valence-corrected chi connectivity index (χ4v) is 3.67. The lowest BCUT2D eigenvalue weighted by Gasteiger charge is -2.30. The summed E-state index contributed by atoms with van der Waals surface area (Å²) >= 11 is 0. The average Bonchev–Trinajstić information content (AvgIpc) is 2.82. The van der Waals surface area contributed by atoms with E-state index in [4.69, 9.17) is 0 Å². The van der Waals surface area contributed by atoms with Crippen molar-refractivity contribution >= 4 is 11.8 Å². The van der Waals surface area contributed by atoms with Gasteiger partial charge >= 0.3 is 0 Å². The minimum Gasteiger partial charge on any atom is -0.357 e. The third kappa shape index (κ3) is 5.79. The molecule has 0 spiro atoms. The van der Waals surface area contributed by atoms with Gasteiger partial charge in [-0.15, -0.1) is 0 Å². The molecule has 0 aliphatic heterocycles. The van der Waals surface area contributed by atoms with Crippen LogP contribution in [0.5, 0.6) is 0 Å². The Labute approximate surface area is 182 Å². The Bertz CT molecular complexity index is 951. The van der Waals surface area contributed by atoms with Gasteiger partial charge in [-0.05, 0) is 35.7 Å². The Morgan fingerprint density at radius 1 is 0.871 bits per heavy atom. The molecule has 0 aliphatic rings. The lowest BCUT2D eigenvalue weighted by Crippen LogP contribution is -2.47. The van der Waals surface area contributed by atoms with Crippen molar-refractivity contribution in [1.29, 1.82) is 0 Å². The summed E-state index contributed by atoms with van der Waals surface area (Å²) in [6.07, 6.45) is 0.219. The Morgan fingerprint density at radius 2 is 1.39 bits per heavy atom. The summed E-state index contributed by atoms with van der Waals surface area (Å²) in [7, 11) is 1.55. The number of amides is 2. The molecule has 0 unspecified atom stereocenters. The molecule has 0 radical (unpaired) electrons. The van der Waals surface area contributed by atoms with Crippen LogP contribution in [0.3, 0.4) is 0 Å². The molecule has 4 nitrogen and oxygen atoms in total. The van der Waals surface area contributed by atoms with E-state index in [1.54, 1.807) is 31.0 Å². The first-order chi connectivity index (χ1) is 15.0. The van der Waals surface area contributed by atoms with Crippen LogP contribution in [0.1, 0.15) is 36.0 Å². The molecule has 0 aliphatic carbocycles. The largest absolute Gasteiger partial charge is 0.357 e. The summed E-state index contributed by atoms with van der Waals surface area (Å²) in [5.74, 6) is -0.860. The number of hydrogen-bond acceptors (Lipinski definition) is 2. The molecule has 31 heavy (non-hydrogen) atoms. The van der Waals surface area contributed by atoms with Crippen molar-refractivity contribution in [2.75, 3.05) is 7.05 Å². The third-order valence-electron chi connectivity index (χ3n) is 5.46. The SMILES string of the molecule is CNC(=O)[C@H](C)N(Cc1ccc(F)cc1)C(=O)CC(c1ccccc1)c1ccccc1. The number of nitrogens with one attached hydrogen (secondary N) is 1. The second-order valence-electron chi connectivity index (χ2n) is 7.52. The van der Waals surface area contributed by atoms with E-state index in [-0.39, 0.29) is 36.5 Å². The fourth-order valence-electron chi connectivity index (χ4n) is 3.67. The van der Waals surface area contributed by atoms with Crippen molar-refractivity contribution in [3.8, 4) is 0 Å². The van der Waals surface area contributed by atoms with Gasteiger partial charge in [0, 0.05) is 25.9 Å². The summed E-state index contributed by atoms with van der Waals surface area (Å²) in [6.45, 7) is 1.93. The Balaban J connectivity index is 1.90. The minimum atomic E-state index is -0.658. The van der Waals surface area contributed by atoms with Crippen LogP contribution in [0, 0.1) is 5.82 Å². The predicted molar refractivity (Wildman–Crippen MR) is 120 cm³/mol. The van der Waals surface area contributed by atoms with E-state index < -0.39 is 6.04 Å². The first-order valence-corrected chi connectivity index (χ1v) is 10.3. The lowest BCUT2D eigenvalue weighted by atomic mass is 9.88. The molecule has 0 heterocycles. The van der Waals surface area contributed by atoms with Crippen molar-refractivity contribution in [1.82, 2.24) is 10.2 Å². The van der Waals surface area contributed by atoms with Crippen LogP contribution in [0.25, 0.3) is 0 Å². The van der Waals surface area contributed by atoms with E-state index >= 15 is 0 Å². The molecule has 3 rings (SSSR count). The van der Waals surface area contributed by atoms with Crippen LogP contribution in [-0.2, 0) is 16.1 Å². The van der Waals surface area contributed by atoms with Crippen molar-refractivity contribution in [3.05, 3.63) is 107 Å². The van der Waals surface area contributed by atoms with Gasteiger partial charge in [-0.2, -0.15) is 0 Å². The monoisotopic (exact) mass is 418 g/mol. The third-order valence-corrected chi connectivity index (χ3v) is 5.46. The smallest absolute Gasteiger partial charge is 0.242 e. The Hall–Kier alpha value is -3.47. The van der Waals surface area contributed by atoms with Crippen LogP contribution in [0.4, 0.5) is 4.39 Å². The van der Waals surface area contributed by atoms with Gasteiger partial charge in [-0.25, -0.2) is 4.39 Å². The van der Waals surface area contributed by atoms with Gasteiger partial charge in [0.25, 0.3) is 0 Å². The summed E-state index contributed by atoms with van der Waals surface area (Å²) in [5, 5.41) is 2.62. The molecule has 1 N–H and O–H groups in total. The highest BCUT2D eigenvalue weighted by molar-refractivity contribution is 5.87. The van der Waals surface area contributed by atoms with Crippen LogP contribution >= 0.6 is 0 Å². The van der Waals surface area contributed by atoms with Crippen LogP contribution in [0.2, 0.25) is 0 Å². The second kappa shape index (κ2) is 10.5. The number of hydrogen-bond donors (Lipinski definition) is 1. The number of likely N-dealkylation sites (N-methyl/N-ethyl adjacent to an activating group) is 1. The number of benzene rings is 3. The van der Waals surface area contributed by atoms with E-state index in [9.17, 15) is 14.0 Å². The number of carbonyl (C=O) groups is 2. The van der Waals surface area contributed by atoms with Gasteiger partial charge in [0.05, 0.1) is 0 Å². The molecule has 1 atom stereocenters. The molecule has 3 aromatic carbocycles. The highest BCUT2D eigenvalue weighted by Crippen LogP contribution is 2.29. The number of nitrogens with zero attached hydrogens (tertiary/aromatic N) is 1. The summed E-state index contributed by atoms with van der Waals surface area (Å²) in [4.78, 5) is 27.4. The maximum absolute atomic E-state index is 13.5. The zero-order chi connectivity index (χ0) is 22.2. The molecular formula is C26H27FN2O2. The molecule has 0 saturated heterocycles.